The van der Waals surface area contributed by atoms with Gasteiger partial charge in [0.05, 0.1) is 13.2 Å². The lowest BCUT2D eigenvalue weighted by Crippen LogP contribution is -2.41. The van der Waals surface area contributed by atoms with Crippen LogP contribution in [0.5, 0.6) is 0 Å². The molecular weight excluding hydrogens is 432 g/mol. The molecule has 0 aromatic heterocycles. The summed E-state index contributed by atoms with van der Waals surface area (Å²) in [6, 6.07) is 25.4. The molecule has 1 heterocycles. The Morgan fingerprint density at radius 2 is 1.54 bits per heavy atom. The number of hydrogen-bond acceptors (Lipinski definition) is 4. The molecule has 0 radical (unpaired) electrons. The van der Waals surface area contributed by atoms with Gasteiger partial charge in [0.25, 0.3) is 0 Å². The second-order valence-electron chi connectivity index (χ2n) is 9.34. The van der Waals surface area contributed by atoms with Crippen molar-refractivity contribution in [2.45, 2.75) is 19.8 Å². The molecule has 4 aromatic rings. The molecule has 0 N–H and O–H groups in total. The summed E-state index contributed by atoms with van der Waals surface area (Å²) in [5.41, 5.74) is 4.14. The van der Waals surface area contributed by atoms with Crippen LogP contribution in [0.25, 0.3) is 32.7 Å². The first-order valence-corrected chi connectivity index (χ1v) is 12.8. The Balaban J connectivity index is 1.56. The Hall–Kier alpha value is -3.21. The Kier molecular flexibility index (Phi) is 7.41. The van der Waals surface area contributed by atoms with E-state index in [2.05, 4.69) is 71.3 Å². The molecule has 0 atom stereocenters. The number of carbonyl (C=O) groups is 1. The third-order valence-electron chi connectivity index (χ3n) is 7.19. The minimum absolute atomic E-state index is 0.760. The van der Waals surface area contributed by atoms with Crippen molar-refractivity contribution in [3.8, 4) is 11.1 Å². The summed E-state index contributed by atoms with van der Waals surface area (Å²) in [7, 11) is 0. The van der Waals surface area contributed by atoms with E-state index in [1.165, 1.54) is 29.3 Å². The van der Waals surface area contributed by atoms with Gasteiger partial charge in [0.1, 0.15) is 0 Å². The summed E-state index contributed by atoms with van der Waals surface area (Å²) in [6.45, 7) is 9.02. The molecule has 5 rings (SSSR count). The lowest BCUT2D eigenvalue weighted by Gasteiger charge is -2.32. The first-order valence-electron chi connectivity index (χ1n) is 12.8. The van der Waals surface area contributed by atoms with Gasteiger partial charge < -0.3 is 9.64 Å². The Morgan fingerprint density at radius 1 is 0.829 bits per heavy atom. The maximum atomic E-state index is 12.3. The summed E-state index contributed by atoms with van der Waals surface area (Å²) in [4.78, 5) is 17.3. The topological polar surface area (TPSA) is 32.8 Å². The number of benzene rings is 4. The van der Waals surface area contributed by atoms with Crippen LogP contribution in [-0.2, 0) is 4.74 Å². The molecule has 0 aliphatic carbocycles. The molecule has 35 heavy (non-hydrogen) atoms. The summed E-state index contributed by atoms with van der Waals surface area (Å²) in [5, 5.41) is 4.53. The number of rotatable bonds is 9. The summed E-state index contributed by atoms with van der Waals surface area (Å²) in [5.74, 6) is 0. The van der Waals surface area contributed by atoms with Gasteiger partial charge in [-0.1, -0.05) is 80.1 Å². The van der Waals surface area contributed by atoms with Crippen LogP contribution in [0.3, 0.4) is 0 Å². The van der Waals surface area contributed by atoms with Crippen molar-refractivity contribution in [3.05, 3.63) is 78.4 Å². The second kappa shape index (κ2) is 11.0. The van der Waals surface area contributed by atoms with Gasteiger partial charge in [-0.25, -0.2) is 0 Å². The molecule has 1 fully saturated rings. The van der Waals surface area contributed by atoms with Crippen LogP contribution in [0, 0.1) is 0 Å². The minimum atomic E-state index is 0.760. The molecule has 1 aliphatic rings. The molecule has 4 aromatic carbocycles. The van der Waals surface area contributed by atoms with Crippen molar-refractivity contribution in [2.24, 2.45) is 0 Å². The fourth-order valence-corrected chi connectivity index (χ4v) is 5.24. The molecule has 1 aliphatic heterocycles. The number of anilines is 1. The Labute approximate surface area is 208 Å². The van der Waals surface area contributed by atoms with Crippen molar-refractivity contribution in [1.29, 1.82) is 0 Å². The number of fused-ring (bicyclic) bond motifs is 2. The first-order chi connectivity index (χ1) is 17.3. The Morgan fingerprint density at radius 3 is 2.31 bits per heavy atom. The van der Waals surface area contributed by atoms with Gasteiger partial charge in [-0.3, -0.25) is 9.69 Å². The minimum Gasteiger partial charge on any atom is -0.379 e. The van der Waals surface area contributed by atoms with Crippen LogP contribution in [0.2, 0.25) is 0 Å². The SMILES string of the molecule is CCCCN(CCN1CCOCC1)c1ccc(-c2ccc3ccccc3c2C=O)c2ccccc12. The van der Waals surface area contributed by atoms with Crippen LogP contribution >= 0.6 is 0 Å². The van der Waals surface area contributed by atoms with E-state index in [0.29, 0.717) is 0 Å². The second-order valence-corrected chi connectivity index (χ2v) is 9.34. The van der Waals surface area contributed by atoms with Crippen molar-refractivity contribution < 1.29 is 9.53 Å². The van der Waals surface area contributed by atoms with E-state index in [0.717, 1.165) is 79.7 Å². The fourth-order valence-electron chi connectivity index (χ4n) is 5.24. The van der Waals surface area contributed by atoms with Crippen LogP contribution in [-0.4, -0.2) is 57.1 Å². The molecule has 0 bridgehead atoms. The van der Waals surface area contributed by atoms with Crippen LogP contribution < -0.4 is 4.90 Å². The molecule has 4 heteroatoms. The number of hydrogen-bond donors (Lipinski definition) is 0. The van der Waals surface area contributed by atoms with E-state index in [1.54, 1.807) is 0 Å². The lowest BCUT2D eigenvalue weighted by molar-refractivity contribution is 0.0391. The number of morpholine rings is 1. The van der Waals surface area contributed by atoms with E-state index < -0.39 is 0 Å². The Bertz CT molecular complexity index is 1310. The van der Waals surface area contributed by atoms with Crippen molar-refractivity contribution in [3.63, 3.8) is 0 Å². The van der Waals surface area contributed by atoms with Crippen LogP contribution in [0.1, 0.15) is 30.1 Å². The number of ether oxygens (including phenoxy) is 1. The van der Waals surface area contributed by atoms with Gasteiger partial charge in [-0.15, -0.1) is 0 Å². The number of nitrogens with zero attached hydrogens (tertiary/aromatic N) is 2. The number of aldehydes is 1. The normalized spacial score (nSPS) is 14.4. The van der Waals surface area contributed by atoms with E-state index in [4.69, 9.17) is 4.74 Å². The molecule has 1 saturated heterocycles. The van der Waals surface area contributed by atoms with Gasteiger partial charge in [-0.2, -0.15) is 0 Å². The zero-order valence-corrected chi connectivity index (χ0v) is 20.6. The third kappa shape index (κ3) is 4.95. The molecule has 0 unspecified atom stereocenters. The number of carbonyl (C=O) groups excluding carboxylic acids is 1. The predicted molar refractivity (Wildman–Crippen MR) is 147 cm³/mol. The summed E-state index contributed by atoms with van der Waals surface area (Å²) >= 11 is 0. The largest absolute Gasteiger partial charge is 0.379 e. The van der Waals surface area contributed by atoms with E-state index in [1.807, 2.05) is 18.2 Å². The highest BCUT2D eigenvalue weighted by molar-refractivity contribution is 6.10. The van der Waals surface area contributed by atoms with Crippen molar-refractivity contribution in [2.75, 3.05) is 50.8 Å². The molecule has 180 valence electrons. The van der Waals surface area contributed by atoms with Crippen molar-refractivity contribution in [1.82, 2.24) is 4.90 Å². The average Bonchev–Trinajstić information content (AvgIpc) is 2.92. The van der Waals surface area contributed by atoms with E-state index >= 15 is 0 Å². The molecule has 0 spiro atoms. The maximum Gasteiger partial charge on any atom is 0.151 e. The summed E-state index contributed by atoms with van der Waals surface area (Å²) in [6.07, 6.45) is 3.35. The van der Waals surface area contributed by atoms with Gasteiger partial charge in [0, 0.05) is 49.4 Å². The van der Waals surface area contributed by atoms with E-state index in [-0.39, 0.29) is 0 Å². The summed E-state index contributed by atoms with van der Waals surface area (Å²) < 4.78 is 5.53. The quantitative estimate of drug-likeness (QED) is 0.267. The predicted octanol–water partition coefficient (Wildman–Crippen LogP) is 6.41. The highest BCUT2D eigenvalue weighted by atomic mass is 16.5. The van der Waals surface area contributed by atoms with Crippen molar-refractivity contribution >= 4 is 33.5 Å². The van der Waals surface area contributed by atoms with E-state index in [9.17, 15) is 4.79 Å². The fraction of sp³-hybridized carbons (Fsp3) is 0.323. The molecular formula is C31H34N2O2. The van der Waals surface area contributed by atoms with Gasteiger partial charge in [-0.05, 0) is 39.8 Å². The van der Waals surface area contributed by atoms with Crippen LogP contribution in [0.4, 0.5) is 5.69 Å². The zero-order chi connectivity index (χ0) is 24.0. The highest BCUT2D eigenvalue weighted by Crippen LogP contribution is 2.38. The third-order valence-corrected chi connectivity index (χ3v) is 7.19. The molecule has 0 amide bonds. The van der Waals surface area contributed by atoms with Gasteiger partial charge in [0.15, 0.2) is 6.29 Å². The molecule has 0 saturated carbocycles. The lowest BCUT2D eigenvalue weighted by atomic mass is 9.91. The maximum absolute atomic E-state index is 12.3. The number of unbranched alkanes of at least 4 members (excludes halogenated alkanes) is 1. The van der Waals surface area contributed by atoms with Crippen LogP contribution in [0.15, 0.2) is 72.8 Å². The monoisotopic (exact) mass is 466 g/mol. The zero-order valence-electron chi connectivity index (χ0n) is 20.6. The van der Waals surface area contributed by atoms with Gasteiger partial charge >= 0.3 is 0 Å². The average molecular weight is 467 g/mol. The molecule has 4 nitrogen and oxygen atoms in total. The highest BCUT2D eigenvalue weighted by Gasteiger charge is 2.17. The van der Waals surface area contributed by atoms with Gasteiger partial charge in [0.2, 0.25) is 0 Å². The standard InChI is InChI=1S/C31H34N2O2/c1-2-3-16-33(18-17-32-19-21-35-22-20-32)31-15-14-27(26-10-6-7-11-29(26)31)28-13-12-24-8-4-5-9-25(24)30(28)23-34/h4-15,23H,2-3,16-22H2,1H3. The first kappa shape index (κ1) is 23.5. The smallest absolute Gasteiger partial charge is 0.151 e.